The first-order chi connectivity index (χ1) is 9.60. The van der Waals surface area contributed by atoms with E-state index in [4.69, 9.17) is 11.6 Å². The number of rotatable bonds is 4. The molecule has 2 nitrogen and oxygen atoms in total. The van der Waals surface area contributed by atoms with Gasteiger partial charge in [0.1, 0.15) is 0 Å². The molecule has 0 unspecified atom stereocenters. The van der Waals surface area contributed by atoms with Crippen LogP contribution in [0.3, 0.4) is 0 Å². The summed E-state index contributed by atoms with van der Waals surface area (Å²) >= 11 is 9.32. The van der Waals surface area contributed by atoms with E-state index < -0.39 is 0 Å². The van der Waals surface area contributed by atoms with Gasteiger partial charge in [-0.2, -0.15) is 0 Å². The Morgan fingerprint density at radius 3 is 2.65 bits per heavy atom. The highest BCUT2D eigenvalue weighted by Crippen LogP contribution is 2.15. The third kappa shape index (κ3) is 3.84. The van der Waals surface area contributed by atoms with Crippen molar-refractivity contribution in [3.63, 3.8) is 0 Å². The quantitative estimate of drug-likeness (QED) is 0.808. The summed E-state index contributed by atoms with van der Waals surface area (Å²) in [5, 5.41) is 4.38. The van der Waals surface area contributed by atoms with E-state index in [2.05, 4.69) is 27.3 Å². The molecule has 1 amide bonds. The molecule has 0 aliphatic heterocycles. The van der Waals surface area contributed by atoms with Crippen molar-refractivity contribution in [1.82, 2.24) is 5.32 Å². The summed E-state index contributed by atoms with van der Waals surface area (Å²) in [5.74, 6) is -0.0802. The van der Waals surface area contributed by atoms with Gasteiger partial charge in [-0.1, -0.05) is 51.8 Å². The summed E-state index contributed by atoms with van der Waals surface area (Å²) in [5.41, 5.74) is 3.82. The zero-order chi connectivity index (χ0) is 14.5. The molecule has 104 valence electrons. The van der Waals surface area contributed by atoms with Gasteiger partial charge in [-0.3, -0.25) is 4.79 Å². The Bertz CT molecular complexity index is 628. The Labute approximate surface area is 132 Å². The fourth-order valence-corrected chi connectivity index (χ4v) is 2.56. The van der Waals surface area contributed by atoms with Gasteiger partial charge < -0.3 is 5.32 Å². The van der Waals surface area contributed by atoms with E-state index >= 15 is 0 Å². The molecule has 0 heterocycles. The smallest absolute Gasteiger partial charge is 0.251 e. The Balaban J connectivity index is 2.04. The molecule has 0 aliphatic carbocycles. The van der Waals surface area contributed by atoms with Crippen molar-refractivity contribution in [1.29, 1.82) is 0 Å². The maximum atomic E-state index is 12.1. The number of aryl methyl sites for hydroxylation is 1. The number of hydrogen-bond donors (Lipinski definition) is 1. The van der Waals surface area contributed by atoms with E-state index in [0.29, 0.717) is 17.1 Å². The van der Waals surface area contributed by atoms with Gasteiger partial charge in [0.15, 0.2) is 0 Å². The summed E-state index contributed by atoms with van der Waals surface area (Å²) in [7, 11) is 0. The van der Waals surface area contributed by atoms with E-state index in [1.807, 2.05) is 25.1 Å². The van der Waals surface area contributed by atoms with E-state index in [-0.39, 0.29) is 5.91 Å². The van der Waals surface area contributed by atoms with Crippen LogP contribution in [-0.4, -0.2) is 5.91 Å². The van der Waals surface area contributed by atoms with Crippen LogP contribution in [0.25, 0.3) is 0 Å². The number of benzene rings is 2. The molecule has 0 fully saturated rings. The highest BCUT2D eigenvalue weighted by molar-refractivity contribution is 9.08. The maximum absolute atomic E-state index is 12.1. The zero-order valence-corrected chi connectivity index (χ0v) is 13.5. The molecular formula is C16H15BrClNO. The number of hydrogen-bond acceptors (Lipinski definition) is 1. The van der Waals surface area contributed by atoms with Crippen molar-refractivity contribution >= 4 is 33.4 Å². The molecule has 0 saturated carbocycles. The maximum Gasteiger partial charge on any atom is 0.251 e. The van der Waals surface area contributed by atoms with Gasteiger partial charge in [0.2, 0.25) is 0 Å². The molecule has 0 spiro atoms. The van der Waals surface area contributed by atoms with Gasteiger partial charge >= 0.3 is 0 Å². The minimum absolute atomic E-state index is 0.0802. The molecule has 2 aromatic carbocycles. The fraction of sp³-hybridized carbons (Fsp3) is 0.188. The lowest BCUT2D eigenvalue weighted by Gasteiger charge is -2.09. The topological polar surface area (TPSA) is 29.1 Å². The largest absolute Gasteiger partial charge is 0.348 e. The van der Waals surface area contributed by atoms with Crippen molar-refractivity contribution in [3.8, 4) is 0 Å². The van der Waals surface area contributed by atoms with Gasteiger partial charge in [0.05, 0.1) is 0 Å². The van der Waals surface area contributed by atoms with Gasteiger partial charge in [-0.05, 0) is 41.8 Å². The number of carbonyl (C=O) groups excluding carboxylic acids is 1. The molecular weight excluding hydrogens is 338 g/mol. The number of amides is 1. The first-order valence-electron chi connectivity index (χ1n) is 6.28. The average Bonchev–Trinajstić information content (AvgIpc) is 2.45. The molecule has 0 saturated heterocycles. The van der Waals surface area contributed by atoms with Crippen molar-refractivity contribution in [3.05, 3.63) is 69.7 Å². The molecule has 0 aromatic heterocycles. The number of nitrogens with one attached hydrogen (secondary N) is 1. The molecule has 2 rings (SSSR count). The molecule has 4 heteroatoms. The SMILES string of the molecule is Cc1cc(Cl)ccc1C(=O)NCc1cccc(CBr)c1. The predicted molar refractivity (Wildman–Crippen MR) is 86.4 cm³/mol. The average molecular weight is 353 g/mol. The van der Waals surface area contributed by atoms with Crippen LogP contribution in [0.2, 0.25) is 5.02 Å². The van der Waals surface area contributed by atoms with Crippen LogP contribution in [0.4, 0.5) is 0 Å². The second-order valence-corrected chi connectivity index (χ2v) is 5.59. The zero-order valence-electron chi connectivity index (χ0n) is 11.1. The van der Waals surface area contributed by atoms with Gasteiger partial charge in [0.25, 0.3) is 5.91 Å². The van der Waals surface area contributed by atoms with Crippen LogP contribution >= 0.6 is 27.5 Å². The normalized spacial score (nSPS) is 10.3. The second kappa shape index (κ2) is 6.91. The highest BCUT2D eigenvalue weighted by atomic mass is 79.9. The molecule has 0 aliphatic rings. The summed E-state index contributed by atoms with van der Waals surface area (Å²) < 4.78 is 0. The first-order valence-corrected chi connectivity index (χ1v) is 7.78. The Morgan fingerprint density at radius 2 is 1.95 bits per heavy atom. The minimum atomic E-state index is -0.0802. The summed E-state index contributed by atoms with van der Waals surface area (Å²) in [6, 6.07) is 13.4. The van der Waals surface area contributed by atoms with Crippen LogP contribution in [0.5, 0.6) is 0 Å². The third-order valence-electron chi connectivity index (χ3n) is 3.03. The first kappa shape index (κ1) is 15.1. The minimum Gasteiger partial charge on any atom is -0.348 e. The van der Waals surface area contributed by atoms with Crippen molar-refractivity contribution in [2.45, 2.75) is 18.8 Å². The Kier molecular flexibility index (Phi) is 5.21. The van der Waals surface area contributed by atoms with E-state index in [1.165, 1.54) is 5.56 Å². The molecule has 20 heavy (non-hydrogen) atoms. The lowest BCUT2D eigenvalue weighted by atomic mass is 10.1. The summed E-state index contributed by atoms with van der Waals surface area (Å²) in [6.07, 6.45) is 0. The fourth-order valence-electron chi connectivity index (χ4n) is 1.98. The molecule has 0 radical (unpaired) electrons. The van der Waals surface area contributed by atoms with Crippen LogP contribution in [0.1, 0.15) is 27.0 Å². The predicted octanol–water partition coefficient (Wildman–Crippen LogP) is 4.47. The summed E-state index contributed by atoms with van der Waals surface area (Å²) in [4.78, 5) is 12.1. The molecule has 2 aromatic rings. The van der Waals surface area contributed by atoms with Crippen LogP contribution in [0.15, 0.2) is 42.5 Å². The standard InChI is InChI=1S/C16H15BrClNO/c1-11-7-14(18)5-6-15(11)16(20)19-10-13-4-2-3-12(8-13)9-17/h2-8H,9-10H2,1H3,(H,19,20). The molecule has 0 atom stereocenters. The van der Waals surface area contributed by atoms with E-state index in [1.54, 1.807) is 18.2 Å². The summed E-state index contributed by atoms with van der Waals surface area (Å²) in [6.45, 7) is 2.40. The number of alkyl halides is 1. The van der Waals surface area contributed by atoms with Gasteiger partial charge in [-0.25, -0.2) is 0 Å². The number of carbonyl (C=O) groups is 1. The van der Waals surface area contributed by atoms with Crippen LogP contribution in [0, 0.1) is 6.92 Å². The monoisotopic (exact) mass is 351 g/mol. The van der Waals surface area contributed by atoms with Crippen molar-refractivity contribution in [2.24, 2.45) is 0 Å². The molecule has 0 bridgehead atoms. The van der Waals surface area contributed by atoms with E-state index in [9.17, 15) is 4.79 Å². The van der Waals surface area contributed by atoms with Gasteiger partial charge in [-0.15, -0.1) is 0 Å². The second-order valence-electron chi connectivity index (χ2n) is 4.60. The lowest BCUT2D eigenvalue weighted by molar-refractivity contribution is 0.0950. The molecule has 1 N–H and O–H groups in total. The van der Waals surface area contributed by atoms with Crippen molar-refractivity contribution < 1.29 is 4.79 Å². The van der Waals surface area contributed by atoms with E-state index in [0.717, 1.165) is 16.5 Å². The van der Waals surface area contributed by atoms with Crippen molar-refractivity contribution in [2.75, 3.05) is 0 Å². The number of halogens is 2. The third-order valence-corrected chi connectivity index (χ3v) is 3.91. The van der Waals surface area contributed by atoms with Crippen LogP contribution in [-0.2, 0) is 11.9 Å². The lowest BCUT2D eigenvalue weighted by Crippen LogP contribution is -2.23. The van der Waals surface area contributed by atoms with Gasteiger partial charge in [0, 0.05) is 22.5 Å². The Hall–Kier alpha value is -1.32. The Morgan fingerprint density at radius 1 is 1.20 bits per heavy atom. The van der Waals surface area contributed by atoms with Crippen LogP contribution < -0.4 is 5.32 Å². The highest BCUT2D eigenvalue weighted by Gasteiger charge is 2.08.